The summed E-state index contributed by atoms with van der Waals surface area (Å²) in [6.07, 6.45) is 1.33. The summed E-state index contributed by atoms with van der Waals surface area (Å²) in [7, 11) is 0. The summed E-state index contributed by atoms with van der Waals surface area (Å²) < 4.78 is 10.7. The first-order chi connectivity index (χ1) is 9.94. The van der Waals surface area contributed by atoms with Gasteiger partial charge in [-0.2, -0.15) is 0 Å². The molecular formula is C14H18N2O5. The number of carbonyl (C=O) groups excluding carboxylic acids is 1. The van der Waals surface area contributed by atoms with E-state index in [-0.39, 0.29) is 11.8 Å². The van der Waals surface area contributed by atoms with Gasteiger partial charge in [-0.05, 0) is 31.9 Å². The summed E-state index contributed by atoms with van der Waals surface area (Å²) in [6, 6.07) is 5.84. The monoisotopic (exact) mass is 294 g/mol. The van der Waals surface area contributed by atoms with Gasteiger partial charge in [-0.25, -0.2) is 0 Å². The van der Waals surface area contributed by atoms with Crippen LogP contribution < -0.4 is 10.5 Å². The predicted molar refractivity (Wildman–Crippen MR) is 74.9 cm³/mol. The molecule has 1 aliphatic carbocycles. The smallest absolute Gasteiger partial charge is 0.326 e. The van der Waals surface area contributed by atoms with Crippen molar-refractivity contribution in [2.24, 2.45) is 5.73 Å². The fourth-order valence-electron chi connectivity index (χ4n) is 2.43. The molecule has 0 heterocycles. The van der Waals surface area contributed by atoms with Crippen molar-refractivity contribution in [3.63, 3.8) is 0 Å². The number of non-ortho nitro benzene ring substituents is 1. The maximum Gasteiger partial charge on any atom is 0.326 e. The highest BCUT2D eigenvalue weighted by atomic mass is 16.6. The normalized spacial score (nSPS) is 24.6. The van der Waals surface area contributed by atoms with E-state index in [1.54, 1.807) is 19.1 Å². The van der Waals surface area contributed by atoms with E-state index in [1.165, 1.54) is 12.1 Å². The van der Waals surface area contributed by atoms with E-state index >= 15 is 0 Å². The van der Waals surface area contributed by atoms with Gasteiger partial charge >= 0.3 is 5.97 Å². The summed E-state index contributed by atoms with van der Waals surface area (Å²) >= 11 is 0. The lowest BCUT2D eigenvalue weighted by atomic mass is 9.99. The molecule has 0 spiro atoms. The summed E-state index contributed by atoms with van der Waals surface area (Å²) in [5.74, 6) is 0.124. The number of hydrogen-bond donors (Lipinski definition) is 1. The van der Waals surface area contributed by atoms with Gasteiger partial charge in [0.1, 0.15) is 17.4 Å². The van der Waals surface area contributed by atoms with E-state index < -0.39 is 16.4 Å². The molecule has 0 aromatic heterocycles. The van der Waals surface area contributed by atoms with Gasteiger partial charge in [-0.15, -0.1) is 0 Å². The average Bonchev–Trinajstić information content (AvgIpc) is 2.82. The number of nitro benzene ring substituents is 1. The third-order valence-electron chi connectivity index (χ3n) is 3.54. The van der Waals surface area contributed by atoms with Crippen molar-refractivity contribution in [2.75, 3.05) is 6.61 Å². The Kier molecular flexibility index (Phi) is 4.42. The van der Waals surface area contributed by atoms with Crippen molar-refractivity contribution >= 4 is 11.7 Å². The molecule has 1 aromatic rings. The number of nitrogens with zero attached hydrogens (tertiary/aromatic N) is 1. The van der Waals surface area contributed by atoms with Crippen LogP contribution in [0.2, 0.25) is 0 Å². The van der Waals surface area contributed by atoms with Gasteiger partial charge < -0.3 is 15.2 Å². The standard InChI is InChI=1S/C14H18N2O5/c1-2-20-13(17)14(15)8-7-12(9-14)21-11-5-3-10(4-6-11)16(18)19/h3-6,12H,2,7-9,15H2,1H3. The Morgan fingerprint density at radius 3 is 2.71 bits per heavy atom. The SMILES string of the molecule is CCOC(=O)C1(N)CCC(Oc2ccc([N+](=O)[O-])cc2)C1. The van der Waals surface area contributed by atoms with Gasteiger partial charge in [-0.3, -0.25) is 14.9 Å². The lowest BCUT2D eigenvalue weighted by molar-refractivity contribution is -0.384. The Morgan fingerprint density at radius 1 is 1.48 bits per heavy atom. The van der Waals surface area contributed by atoms with E-state index in [4.69, 9.17) is 15.2 Å². The second-order valence-electron chi connectivity index (χ2n) is 5.11. The highest BCUT2D eigenvalue weighted by molar-refractivity contribution is 5.81. The number of nitro groups is 1. The number of carbonyl (C=O) groups is 1. The van der Waals surface area contributed by atoms with Crippen LogP contribution in [0.25, 0.3) is 0 Å². The van der Waals surface area contributed by atoms with Crippen LogP contribution in [0.15, 0.2) is 24.3 Å². The topological polar surface area (TPSA) is 105 Å². The average molecular weight is 294 g/mol. The molecule has 0 aliphatic heterocycles. The molecule has 2 atom stereocenters. The van der Waals surface area contributed by atoms with E-state index in [0.29, 0.717) is 31.6 Å². The molecule has 2 rings (SSSR count). The lowest BCUT2D eigenvalue weighted by Gasteiger charge is -2.21. The summed E-state index contributed by atoms with van der Waals surface area (Å²) in [6.45, 7) is 2.03. The highest BCUT2D eigenvalue weighted by Gasteiger charge is 2.44. The first-order valence-corrected chi connectivity index (χ1v) is 6.82. The Morgan fingerprint density at radius 2 is 2.14 bits per heavy atom. The number of ether oxygens (including phenoxy) is 2. The van der Waals surface area contributed by atoms with Crippen LogP contribution in [0.5, 0.6) is 5.75 Å². The summed E-state index contributed by atoms with van der Waals surface area (Å²) in [4.78, 5) is 21.9. The minimum Gasteiger partial charge on any atom is -0.490 e. The van der Waals surface area contributed by atoms with Crippen LogP contribution in [-0.2, 0) is 9.53 Å². The van der Waals surface area contributed by atoms with Crippen molar-refractivity contribution in [3.8, 4) is 5.75 Å². The quantitative estimate of drug-likeness (QED) is 0.504. The van der Waals surface area contributed by atoms with Crippen LogP contribution in [0, 0.1) is 10.1 Å². The number of esters is 1. The molecule has 1 saturated carbocycles. The number of rotatable bonds is 5. The van der Waals surface area contributed by atoms with E-state index in [2.05, 4.69) is 0 Å². The molecule has 0 saturated heterocycles. The molecule has 1 aliphatic rings. The van der Waals surface area contributed by atoms with Crippen molar-refractivity contribution in [1.29, 1.82) is 0 Å². The van der Waals surface area contributed by atoms with Crippen molar-refractivity contribution in [3.05, 3.63) is 34.4 Å². The molecule has 2 N–H and O–H groups in total. The molecule has 0 radical (unpaired) electrons. The fourth-order valence-corrected chi connectivity index (χ4v) is 2.43. The van der Waals surface area contributed by atoms with Crippen molar-refractivity contribution < 1.29 is 19.2 Å². The van der Waals surface area contributed by atoms with Crippen LogP contribution in [-0.4, -0.2) is 29.1 Å². The van der Waals surface area contributed by atoms with E-state index in [9.17, 15) is 14.9 Å². The second kappa shape index (κ2) is 6.09. The Hall–Kier alpha value is -2.15. The minimum absolute atomic E-state index is 0.00784. The van der Waals surface area contributed by atoms with Gasteiger partial charge in [-0.1, -0.05) is 0 Å². The number of nitrogens with two attached hydrogens (primary N) is 1. The Labute approximate surface area is 122 Å². The summed E-state index contributed by atoms with van der Waals surface area (Å²) in [5.41, 5.74) is 5.06. The third kappa shape index (κ3) is 3.49. The van der Waals surface area contributed by atoms with Crippen LogP contribution >= 0.6 is 0 Å². The zero-order valence-electron chi connectivity index (χ0n) is 11.8. The lowest BCUT2D eigenvalue weighted by Crippen LogP contribution is -2.47. The molecule has 21 heavy (non-hydrogen) atoms. The van der Waals surface area contributed by atoms with Gasteiger partial charge in [0.05, 0.1) is 11.5 Å². The number of benzene rings is 1. The van der Waals surface area contributed by atoms with Crippen LogP contribution in [0.1, 0.15) is 26.2 Å². The van der Waals surface area contributed by atoms with Gasteiger partial charge in [0.25, 0.3) is 5.69 Å². The molecule has 114 valence electrons. The number of hydrogen-bond acceptors (Lipinski definition) is 6. The van der Waals surface area contributed by atoms with Gasteiger partial charge in [0, 0.05) is 18.6 Å². The molecule has 0 amide bonds. The highest BCUT2D eigenvalue weighted by Crippen LogP contribution is 2.32. The third-order valence-corrected chi connectivity index (χ3v) is 3.54. The first-order valence-electron chi connectivity index (χ1n) is 6.82. The van der Waals surface area contributed by atoms with Crippen LogP contribution in [0.3, 0.4) is 0 Å². The van der Waals surface area contributed by atoms with Crippen LogP contribution in [0.4, 0.5) is 5.69 Å². The zero-order valence-corrected chi connectivity index (χ0v) is 11.8. The summed E-state index contributed by atoms with van der Waals surface area (Å²) in [5, 5.41) is 10.6. The molecule has 1 aromatic carbocycles. The van der Waals surface area contributed by atoms with Crippen molar-refractivity contribution in [2.45, 2.75) is 37.8 Å². The fraction of sp³-hybridized carbons (Fsp3) is 0.500. The van der Waals surface area contributed by atoms with E-state index in [1.807, 2.05) is 0 Å². The second-order valence-corrected chi connectivity index (χ2v) is 5.11. The van der Waals surface area contributed by atoms with Crippen molar-refractivity contribution in [1.82, 2.24) is 0 Å². The zero-order chi connectivity index (χ0) is 15.5. The molecule has 7 heteroatoms. The minimum atomic E-state index is -0.999. The molecule has 7 nitrogen and oxygen atoms in total. The Bertz CT molecular complexity index is 531. The largest absolute Gasteiger partial charge is 0.490 e. The first kappa shape index (κ1) is 15.2. The van der Waals surface area contributed by atoms with Gasteiger partial charge in [0.15, 0.2) is 0 Å². The molecular weight excluding hydrogens is 276 g/mol. The predicted octanol–water partition coefficient (Wildman–Crippen LogP) is 1.79. The maximum atomic E-state index is 11.8. The van der Waals surface area contributed by atoms with Gasteiger partial charge in [0.2, 0.25) is 0 Å². The maximum absolute atomic E-state index is 11.8. The molecule has 1 fully saturated rings. The Balaban J connectivity index is 1.96. The van der Waals surface area contributed by atoms with E-state index in [0.717, 1.165) is 0 Å². The molecule has 2 unspecified atom stereocenters. The molecule has 0 bridgehead atoms.